The Hall–Kier alpha value is -1.10. The van der Waals surface area contributed by atoms with Crippen molar-refractivity contribution < 1.29 is 9.53 Å². The zero-order valence-electron chi connectivity index (χ0n) is 9.89. The maximum atomic E-state index is 11.3. The molecule has 1 aliphatic carbocycles. The Kier molecular flexibility index (Phi) is 4.36. The van der Waals surface area contributed by atoms with Crippen LogP contribution in [0.15, 0.2) is 17.4 Å². The zero-order valence-corrected chi connectivity index (χ0v) is 10.7. The second-order valence-electron chi connectivity index (χ2n) is 4.20. The van der Waals surface area contributed by atoms with E-state index < -0.39 is 5.97 Å². The molecule has 1 aromatic rings. The van der Waals surface area contributed by atoms with Crippen LogP contribution in [-0.2, 0) is 4.74 Å². The second kappa shape index (κ2) is 6.00. The SMILES string of the molecule is COC(=O)c1cncc(SCC2CCCC2)n1. The molecule has 1 heterocycles. The van der Waals surface area contributed by atoms with Crippen LogP contribution in [0.4, 0.5) is 0 Å². The van der Waals surface area contributed by atoms with Gasteiger partial charge in [0.2, 0.25) is 0 Å². The van der Waals surface area contributed by atoms with Gasteiger partial charge in [-0.05, 0) is 18.8 Å². The molecule has 0 N–H and O–H groups in total. The van der Waals surface area contributed by atoms with Gasteiger partial charge < -0.3 is 4.74 Å². The van der Waals surface area contributed by atoms with E-state index in [0.717, 1.165) is 16.7 Å². The number of hydrogen-bond donors (Lipinski definition) is 0. The number of carbonyl (C=O) groups is 1. The highest BCUT2D eigenvalue weighted by Gasteiger charge is 2.16. The summed E-state index contributed by atoms with van der Waals surface area (Å²) in [5.74, 6) is 1.43. The summed E-state index contributed by atoms with van der Waals surface area (Å²) >= 11 is 1.68. The maximum Gasteiger partial charge on any atom is 0.358 e. The first-order chi connectivity index (χ1) is 8.29. The van der Waals surface area contributed by atoms with Gasteiger partial charge in [0.05, 0.1) is 19.5 Å². The average molecular weight is 252 g/mol. The van der Waals surface area contributed by atoms with E-state index in [-0.39, 0.29) is 5.69 Å². The summed E-state index contributed by atoms with van der Waals surface area (Å²) in [5.41, 5.74) is 0.281. The monoisotopic (exact) mass is 252 g/mol. The molecule has 0 atom stereocenters. The lowest BCUT2D eigenvalue weighted by Gasteiger charge is -2.07. The van der Waals surface area contributed by atoms with Crippen LogP contribution in [0.1, 0.15) is 36.2 Å². The fourth-order valence-corrected chi connectivity index (χ4v) is 3.04. The van der Waals surface area contributed by atoms with Crippen LogP contribution in [0.25, 0.3) is 0 Å². The Morgan fingerprint density at radius 3 is 2.94 bits per heavy atom. The fourth-order valence-electron chi connectivity index (χ4n) is 2.00. The third-order valence-electron chi connectivity index (χ3n) is 2.95. The van der Waals surface area contributed by atoms with E-state index in [1.165, 1.54) is 39.0 Å². The van der Waals surface area contributed by atoms with Crippen molar-refractivity contribution in [1.82, 2.24) is 9.97 Å². The molecule has 0 aromatic carbocycles. The van der Waals surface area contributed by atoms with Crippen LogP contribution >= 0.6 is 11.8 Å². The predicted molar refractivity (Wildman–Crippen MR) is 66.1 cm³/mol. The minimum Gasteiger partial charge on any atom is -0.464 e. The lowest BCUT2D eigenvalue weighted by molar-refractivity contribution is 0.0592. The number of esters is 1. The third kappa shape index (κ3) is 3.43. The summed E-state index contributed by atoms with van der Waals surface area (Å²) in [6.07, 6.45) is 8.46. The highest BCUT2D eigenvalue weighted by molar-refractivity contribution is 7.99. The normalized spacial score (nSPS) is 16.1. The van der Waals surface area contributed by atoms with E-state index in [9.17, 15) is 4.79 Å². The second-order valence-corrected chi connectivity index (χ2v) is 5.24. The molecule has 5 heteroatoms. The van der Waals surface area contributed by atoms with Crippen molar-refractivity contribution >= 4 is 17.7 Å². The molecular weight excluding hydrogens is 236 g/mol. The first-order valence-corrected chi connectivity index (χ1v) is 6.81. The third-order valence-corrected chi connectivity index (χ3v) is 4.08. The molecule has 0 amide bonds. The summed E-state index contributed by atoms with van der Waals surface area (Å²) in [5, 5.41) is 0.805. The van der Waals surface area contributed by atoms with Crippen molar-refractivity contribution in [1.29, 1.82) is 0 Å². The number of carbonyl (C=O) groups excluding carboxylic acids is 1. The van der Waals surface area contributed by atoms with Gasteiger partial charge in [-0.3, -0.25) is 4.98 Å². The summed E-state index contributed by atoms with van der Waals surface area (Å²) in [7, 11) is 1.35. The van der Waals surface area contributed by atoms with Crippen molar-refractivity contribution in [3.05, 3.63) is 18.1 Å². The Morgan fingerprint density at radius 1 is 1.47 bits per heavy atom. The molecule has 1 saturated carbocycles. The van der Waals surface area contributed by atoms with Crippen LogP contribution in [0, 0.1) is 5.92 Å². The topological polar surface area (TPSA) is 52.1 Å². The summed E-state index contributed by atoms with van der Waals surface area (Å²) in [6.45, 7) is 0. The van der Waals surface area contributed by atoms with Gasteiger partial charge in [-0.1, -0.05) is 12.8 Å². The Morgan fingerprint density at radius 2 is 2.24 bits per heavy atom. The van der Waals surface area contributed by atoms with Gasteiger partial charge in [-0.15, -0.1) is 11.8 Å². The molecule has 17 heavy (non-hydrogen) atoms. The number of methoxy groups -OCH3 is 1. The van der Waals surface area contributed by atoms with Gasteiger partial charge in [0.15, 0.2) is 5.69 Å². The van der Waals surface area contributed by atoms with Gasteiger partial charge in [0.1, 0.15) is 5.03 Å². The largest absolute Gasteiger partial charge is 0.464 e. The standard InChI is InChI=1S/C12H16N2O2S/c1-16-12(15)10-6-13-7-11(14-10)17-8-9-4-2-3-5-9/h6-7,9H,2-5,8H2,1H3. The van der Waals surface area contributed by atoms with Gasteiger partial charge >= 0.3 is 5.97 Å². The average Bonchev–Trinajstić information content (AvgIpc) is 2.89. The molecule has 1 aromatic heterocycles. The highest BCUT2D eigenvalue weighted by Crippen LogP contribution is 2.30. The molecule has 0 spiro atoms. The predicted octanol–water partition coefficient (Wildman–Crippen LogP) is 2.55. The molecule has 0 radical (unpaired) electrons. The molecule has 1 aliphatic rings. The van der Waals surface area contributed by atoms with Crippen molar-refractivity contribution in [2.45, 2.75) is 30.7 Å². The van der Waals surface area contributed by atoms with Crippen LogP contribution in [0.3, 0.4) is 0 Å². The molecular formula is C12H16N2O2S. The minimum absolute atomic E-state index is 0.281. The first-order valence-electron chi connectivity index (χ1n) is 5.83. The van der Waals surface area contributed by atoms with Crippen molar-refractivity contribution in [2.75, 3.05) is 12.9 Å². The molecule has 0 saturated heterocycles. The highest BCUT2D eigenvalue weighted by atomic mass is 32.2. The Bertz CT molecular complexity index is 392. The molecule has 4 nitrogen and oxygen atoms in total. The molecule has 92 valence electrons. The van der Waals surface area contributed by atoms with Crippen LogP contribution < -0.4 is 0 Å². The smallest absolute Gasteiger partial charge is 0.358 e. The number of thioether (sulfide) groups is 1. The van der Waals surface area contributed by atoms with Gasteiger partial charge in [-0.25, -0.2) is 9.78 Å². The van der Waals surface area contributed by atoms with Gasteiger partial charge in [0.25, 0.3) is 0 Å². The maximum absolute atomic E-state index is 11.3. The zero-order chi connectivity index (χ0) is 12.1. The van der Waals surface area contributed by atoms with E-state index >= 15 is 0 Å². The quantitative estimate of drug-likeness (QED) is 0.609. The van der Waals surface area contributed by atoms with E-state index in [4.69, 9.17) is 0 Å². The van der Waals surface area contributed by atoms with E-state index in [2.05, 4.69) is 14.7 Å². The molecule has 0 bridgehead atoms. The van der Waals surface area contributed by atoms with Gasteiger partial charge in [-0.2, -0.15) is 0 Å². The summed E-state index contributed by atoms with van der Waals surface area (Å²) in [6, 6.07) is 0. The van der Waals surface area contributed by atoms with E-state index in [1.807, 2.05) is 0 Å². The van der Waals surface area contributed by atoms with E-state index in [0.29, 0.717) is 0 Å². The molecule has 0 unspecified atom stereocenters. The number of hydrogen-bond acceptors (Lipinski definition) is 5. The molecule has 1 fully saturated rings. The van der Waals surface area contributed by atoms with E-state index in [1.54, 1.807) is 18.0 Å². The van der Waals surface area contributed by atoms with Crippen molar-refractivity contribution in [3.63, 3.8) is 0 Å². The van der Waals surface area contributed by atoms with Crippen LogP contribution in [0.5, 0.6) is 0 Å². The van der Waals surface area contributed by atoms with Crippen molar-refractivity contribution in [3.8, 4) is 0 Å². The molecule has 2 rings (SSSR count). The van der Waals surface area contributed by atoms with Crippen molar-refractivity contribution in [2.24, 2.45) is 5.92 Å². The number of aromatic nitrogens is 2. The van der Waals surface area contributed by atoms with Crippen LogP contribution in [0.2, 0.25) is 0 Å². The fraction of sp³-hybridized carbons (Fsp3) is 0.583. The number of nitrogens with zero attached hydrogens (tertiary/aromatic N) is 2. The van der Waals surface area contributed by atoms with Crippen LogP contribution in [-0.4, -0.2) is 28.8 Å². The Balaban J connectivity index is 1.93. The first kappa shape index (κ1) is 12.4. The lowest BCUT2D eigenvalue weighted by atomic mass is 10.1. The summed E-state index contributed by atoms with van der Waals surface area (Å²) in [4.78, 5) is 19.5. The summed E-state index contributed by atoms with van der Waals surface area (Å²) < 4.78 is 4.62. The molecule has 0 aliphatic heterocycles. The Labute approximate surface area is 105 Å². The number of rotatable bonds is 4. The minimum atomic E-state index is -0.430. The van der Waals surface area contributed by atoms with Gasteiger partial charge in [0, 0.05) is 5.75 Å². The number of ether oxygens (including phenoxy) is 1. The lowest BCUT2D eigenvalue weighted by Crippen LogP contribution is -2.06.